The van der Waals surface area contributed by atoms with Crippen molar-refractivity contribution in [2.45, 2.75) is 37.8 Å². The van der Waals surface area contributed by atoms with Crippen molar-refractivity contribution in [3.05, 3.63) is 35.9 Å². The van der Waals surface area contributed by atoms with Gasteiger partial charge in [0.2, 0.25) is 5.95 Å². The third-order valence-electron chi connectivity index (χ3n) is 4.99. The van der Waals surface area contributed by atoms with Gasteiger partial charge in [0.15, 0.2) is 0 Å². The first-order valence-electron chi connectivity index (χ1n) is 8.78. The third-order valence-corrected chi connectivity index (χ3v) is 4.99. The number of rotatable bonds is 4. The smallest absolute Gasteiger partial charge is 0.277 e. The van der Waals surface area contributed by atoms with E-state index in [4.69, 9.17) is 0 Å². The summed E-state index contributed by atoms with van der Waals surface area (Å²) in [5, 5.41) is 11.8. The second-order valence-corrected chi connectivity index (χ2v) is 6.98. The zero-order valence-corrected chi connectivity index (χ0v) is 14.1. The average Bonchev–Trinajstić information content (AvgIpc) is 2.93. The van der Waals surface area contributed by atoms with Crippen LogP contribution in [0.5, 0.6) is 0 Å². The SMILES string of the molecule is FC1(F)CN(Cc2ccccc2)CCN(c2nnnn2C2CCC2)C1. The number of aromatic nitrogens is 4. The fraction of sp³-hybridized carbons (Fsp3) is 0.588. The van der Waals surface area contributed by atoms with E-state index in [2.05, 4.69) is 15.5 Å². The van der Waals surface area contributed by atoms with Crippen LogP contribution in [0.2, 0.25) is 0 Å². The van der Waals surface area contributed by atoms with E-state index in [1.165, 1.54) is 0 Å². The Hall–Kier alpha value is -2.09. The third kappa shape index (κ3) is 3.63. The monoisotopic (exact) mass is 348 g/mol. The minimum absolute atomic E-state index is 0.247. The fourth-order valence-corrected chi connectivity index (χ4v) is 3.49. The minimum atomic E-state index is -2.80. The summed E-state index contributed by atoms with van der Waals surface area (Å²) in [5.74, 6) is -2.33. The Bertz CT molecular complexity index is 700. The molecule has 8 heteroatoms. The molecular formula is C17H22F2N6. The Morgan fingerprint density at radius 3 is 2.60 bits per heavy atom. The Morgan fingerprint density at radius 1 is 1.08 bits per heavy atom. The van der Waals surface area contributed by atoms with Gasteiger partial charge in [0.1, 0.15) is 0 Å². The number of benzene rings is 1. The summed E-state index contributed by atoms with van der Waals surface area (Å²) < 4.78 is 30.8. The molecule has 2 fully saturated rings. The largest absolute Gasteiger partial charge is 0.332 e. The van der Waals surface area contributed by atoms with Crippen LogP contribution < -0.4 is 4.90 Å². The van der Waals surface area contributed by atoms with Crippen LogP contribution in [0.3, 0.4) is 0 Å². The van der Waals surface area contributed by atoms with E-state index >= 15 is 0 Å². The molecule has 25 heavy (non-hydrogen) atoms. The number of hydrogen-bond donors (Lipinski definition) is 0. The molecule has 1 aliphatic carbocycles. The van der Waals surface area contributed by atoms with Crippen molar-refractivity contribution in [1.82, 2.24) is 25.1 Å². The van der Waals surface area contributed by atoms with Gasteiger partial charge in [-0.3, -0.25) is 4.90 Å². The van der Waals surface area contributed by atoms with Crippen LogP contribution in [-0.2, 0) is 6.54 Å². The summed E-state index contributed by atoms with van der Waals surface area (Å²) in [6.45, 7) is 0.990. The van der Waals surface area contributed by atoms with Crippen LogP contribution in [0.4, 0.5) is 14.7 Å². The van der Waals surface area contributed by atoms with Crippen molar-refractivity contribution in [3.63, 3.8) is 0 Å². The number of hydrogen-bond acceptors (Lipinski definition) is 5. The molecule has 4 rings (SSSR count). The summed E-state index contributed by atoms with van der Waals surface area (Å²) in [6, 6.07) is 10.00. The highest BCUT2D eigenvalue weighted by molar-refractivity contribution is 5.30. The van der Waals surface area contributed by atoms with Crippen molar-refractivity contribution < 1.29 is 8.78 Å². The molecule has 2 aliphatic rings. The number of alkyl halides is 2. The molecule has 6 nitrogen and oxygen atoms in total. The van der Waals surface area contributed by atoms with Crippen LogP contribution in [0.15, 0.2) is 30.3 Å². The Balaban J connectivity index is 1.50. The molecule has 0 spiro atoms. The van der Waals surface area contributed by atoms with Gasteiger partial charge < -0.3 is 4.90 Å². The van der Waals surface area contributed by atoms with Crippen LogP contribution in [0.1, 0.15) is 30.9 Å². The highest BCUT2D eigenvalue weighted by Crippen LogP contribution is 2.34. The second kappa shape index (κ2) is 6.67. The average molecular weight is 348 g/mol. The molecule has 0 atom stereocenters. The van der Waals surface area contributed by atoms with Crippen LogP contribution >= 0.6 is 0 Å². The number of nitrogens with zero attached hydrogens (tertiary/aromatic N) is 6. The predicted molar refractivity (Wildman–Crippen MR) is 89.6 cm³/mol. The molecule has 1 aromatic heterocycles. The predicted octanol–water partition coefficient (Wildman–Crippen LogP) is 2.36. The van der Waals surface area contributed by atoms with Gasteiger partial charge in [-0.1, -0.05) is 35.4 Å². The number of halogens is 2. The van der Waals surface area contributed by atoms with Gasteiger partial charge >= 0.3 is 0 Å². The summed E-state index contributed by atoms with van der Waals surface area (Å²) in [6.07, 6.45) is 3.18. The molecule has 0 radical (unpaired) electrons. The molecular weight excluding hydrogens is 326 g/mol. The topological polar surface area (TPSA) is 50.1 Å². The lowest BCUT2D eigenvalue weighted by atomic mass is 9.93. The molecule has 0 bridgehead atoms. The van der Waals surface area contributed by atoms with E-state index < -0.39 is 5.92 Å². The van der Waals surface area contributed by atoms with Crippen molar-refractivity contribution in [2.75, 3.05) is 31.1 Å². The van der Waals surface area contributed by atoms with Gasteiger partial charge in [-0.2, -0.15) is 0 Å². The highest BCUT2D eigenvalue weighted by atomic mass is 19.3. The molecule has 2 aromatic rings. The first kappa shape index (κ1) is 16.4. The quantitative estimate of drug-likeness (QED) is 0.849. The van der Waals surface area contributed by atoms with Crippen LogP contribution in [0, 0.1) is 0 Å². The maximum Gasteiger partial charge on any atom is 0.277 e. The van der Waals surface area contributed by atoms with Gasteiger partial charge in [0.05, 0.1) is 19.1 Å². The molecule has 134 valence electrons. The molecule has 0 unspecified atom stereocenters. The Kier molecular flexibility index (Phi) is 4.37. The first-order valence-corrected chi connectivity index (χ1v) is 8.78. The first-order chi connectivity index (χ1) is 12.1. The number of tetrazole rings is 1. The highest BCUT2D eigenvalue weighted by Gasteiger charge is 2.39. The molecule has 1 aliphatic heterocycles. The van der Waals surface area contributed by atoms with Gasteiger partial charge in [-0.05, 0) is 35.3 Å². The molecule has 0 N–H and O–H groups in total. The van der Waals surface area contributed by atoms with E-state index in [1.807, 2.05) is 35.2 Å². The van der Waals surface area contributed by atoms with Crippen molar-refractivity contribution in [2.24, 2.45) is 0 Å². The van der Waals surface area contributed by atoms with E-state index in [1.54, 1.807) is 9.58 Å². The lowest BCUT2D eigenvalue weighted by Crippen LogP contribution is -2.40. The van der Waals surface area contributed by atoms with E-state index in [0.717, 1.165) is 24.8 Å². The fourth-order valence-electron chi connectivity index (χ4n) is 3.49. The molecule has 1 aromatic carbocycles. The maximum atomic E-state index is 14.5. The van der Waals surface area contributed by atoms with E-state index in [0.29, 0.717) is 25.6 Å². The summed E-state index contributed by atoms with van der Waals surface area (Å²) in [7, 11) is 0. The summed E-state index contributed by atoms with van der Waals surface area (Å²) in [4.78, 5) is 3.45. The molecule has 1 saturated heterocycles. The van der Waals surface area contributed by atoms with Crippen LogP contribution in [-0.4, -0.2) is 57.2 Å². The van der Waals surface area contributed by atoms with Gasteiger partial charge in [0.25, 0.3) is 5.92 Å². The van der Waals surface area contributed by atoms with E-state index in [9.17, 15) is 8.78 Å². The molecule has 1 saturated carbocycles. The second-order valence-electron chi connectivity index (χ2n) is 6.98. The van der Waals surface area contributed by atoms with Gasteiger partial charge in [0, 0.05) is 19.6 Å². The van der Waals surface area contributed by atoms with E-state index in [-0.39, 0.29) is 19.1 Å². The summed E-state index contributed by atoms with van der Waals surface area (Å²) >= 11 is 0. The van der Waals surface area contributed by atoms with Gasteiger partial charge in [-0.25, -0.2) is 13.5 Å². The van der Waals surface area contributed by atoms with Crippen LogP contribution in [0.25, 0.3) is 0 Å². The zero-order valence-electron chi connectivity index (χ0n) is 14.1. The lowest BCUT2D eigenvalue weighted by Gasteiger charge is -2.30. The minimum Gasteiger partial charge on any atom is -0.332 e. The normalized spacial score (nSPS) is 21.8. The summed E-state index contributed by atoms with van der Waals surface area (Å²) in [5.41, 5.74) is 1.05. The Morgan fingerprint density at radius 2 is 1.88 bits per heavy atom. The van der Waals surface area contributed by atoms with Gasteiger partial charge in [-0.15, -0.1) is 0 Å². The zero-order chi connectivity index (χ0) is 17.3. The van der Waals surface area contributed by atoms with Crippen molar-refractivity contribution >= 4 is 5.95 Å². The lowest BCUT2D eigenvalue weighted by molar-refractivity contribution is -0.0169. The standard InChI is InChI=1S/C17H22F2N6/c18-17(19)12-23(11-14-5-2-1-3-6-14)9-10-24(13-17)16-20-21-22-25(16)15-7-4-8-15/h1-3,5-6,15H,4,7-13H2. The maximum absolute atomic E-state index is 14.5. The molecule has 2 heterocycles. The number of anilines is 1. The van der Waals surface area contributed by atoms with Crippen molar-refractivity contribution in [1.29, 1.82) is 0 Å². The Labute approximate surface area is 145 Å². The van der Waals surface area contributed by atoms with Crippen molar-refractivity contribution in [3.8, 4) is 0 Å². The molecule has 0 amide bonds.